The van der Waals surface area contributed by atoms with Crippen molar-refractivity contribution in [3.63, 3.8) is 0 Å². The average Bonchev–Trinajstić information content (AvgIpc) is 2.94. The number of nitrogens with one attached hydrogen (secondary N) is 2. The van der Waals surface area contributed by atoms with E-state index in [1.165, 1.54) is 16.6 Å². The highest BCUT2D eigenvalue weighted by Gasteiger charge is 2.30. The molecule has 0 radical (unpaired) electrons. The molecule has 0 aromatic carbocycles. The molecular formula is C16H28N4O3S. The lowest BCUT2D eigenvalue weighted by atomic mass is 10.0. The Kier molecular flexibility index (Phi) is 6.42. The molecule has 7 nitrogen and oxygen atoms in total. The standard InChI is InChI=1S/C16H28N4O3S/c1-4-17-7-8-18-16(21)15-10-14(12-19(15)3)24(22,23)20-9-5-6-13(2)11-20/h10,12-13,17H,4-9,11H2,1-3H3,(H,18,21). The largest absolute Gasteiger partial charge is 0.349 e. The van der Waals surface area contributed by atoms with Gasteiger partial charge in [0, 0.05) is 39.4 Å². The molecule has 0 aliphatic carbocycles. The molecule has 2 heterocycles. The van der Waals surface area contributed by atoms with Gasteiger partial charge in [0.15, 0.2) is 0 Å². The van der Waals surface area contributed by atoms with Crippen molar-refractivity contribution in [2.45, 2.75) is 31.6 Å². The maximum Gasteiger partial charge on any atom is 0.267 e. The number of rotatable bonds is 7. The van der Waals surface area contributed by atoms with E-state index in [0.29, 0.717) is 37.8 Å². The van der Waals surface area contributed by atoms with Gasteiger partial charge in [0.25, 0.3) is 5.91 Å². The van der Waals surface area contributed by atoms with Gasteiger partial charge in [-0.15, -0.1) is 0 Å². The van der Waals surface area contributed by atoms with Crippen molar-refractivity contribution in [3.8, 4) is 0 Å². The van der Waals surface area contributed by atoms with Gasteiger partial charge >= 0.3 is 0 Å². The first kappa shape index (κ1) is 19.0. The van der Waals surface area contributed by atoms with Gasteiger partial charge in [-0.25, -0.2) is 8.42 Å². The normalized spacial score (nSPS) is 19.4. The molecule has 1 unspecified atom stereocenters. The smallest absolute Gasteiger partial charge is 0.267 e. The average molecular weight is 356 g/mol. The van der Waals surface area contributed by atoms with E-state index in [9.17, 15) is 13.2 Å². The molecule has 24 heavy (non-hydrogen) atoms. The van der Waals surface area contributed by atoms with Gasteiger partial charge < -0.3 is 15.2 Å². The van der Waals surface area contributed by atoms with E-state index in [2.05, 4.69) is 17.6 Å². The summed E-state index contributed by atoms with van der Waals surface area (Å²) in [5.74, 6) is 0.106. The fourth-order valence-corrected chi connectivity index (χ4v) is 4.62. The van der Waals surface area contributed by atoms with Crippen molar-refractivity contribution in [3.05, 3.63) is 18.0 Å². The van der Waals surface area contributed by atoms with Crippen LogP contribution in [0.4, 0.5) is 0 Å². The maximum absolute atomic E-state index is 12.8. The number of amides is 1. The number of carbonyl (C=O) groups excluding carboxylic acids is 1. The van der Waals surface area contributed by atoms with E-state index in [1.807, 2.05) is 6.92 Å². The topological polar surface area (TPSA) is 83.4 Å². The Morgan fingerprint density at radius 1 is 1.38 bits per heavy atom. The van der Waals surface area contributed by atoms with E-state index >= 15 is 0 Å². The number of aryl methyl sites for hydroxylation is 1. The lowest BCUT2D eigenvalue weighted by Gasteiger charge is -2.29. The highest BCUT2D eigenvalue weighted by Crippen LogP contribution is 2.24. The molecule has 8 heteroatoms. The minimum Gasteiger partial charge on any atom is -0.349 e. The number of nitrogens with zero attached hydrogens (tertiary/aromatic N) is 2. The molecule has 0 bridgehead atoms. The molecule has 0 saturated carbocycles. The number of hydrogen-bond acceptors (Lipinski definition) is 4. The molecular weight excluding hydrogens is 328 g/mol. The summed E-state index contributed by atoms with van der Waals surface area (Å²) in [6.07, 6.45) is 3.46. The maximum atomic E-state index is 12.8. The van der Waals surface area contributed by atoms with Crippen LogP contribution in [-0.4, -0.2) is 55.9 Å². The third-order valence-electron chi connectivity index (χ3n) is 4.31. The van der Waals surface area contributed by atoms with E-state index in [-0.39, 0.29) is 10.8 Å². The first-order valence-corrected chi connectivity index (χ1v) is 9.95. The zero-order valence-corrected chi connectivity index (χ0v) is 15.5. The number of aromatic nitrogens is 1. The Bertz CT molecular complexity index is 669. The van der Waals surface area contributed by atoms with Crippen LogP contribution in [-0.2, 0) is 17.1 Å². The number of piperidine rings is 1. The third-order valence-corrected chi connectivity index (χ3v) is 6.14. The Balaban J connectivity index is 2.10. The van der Waals surface area contributed by atoms with Crippen LogP contribution in [0.15, 0.2) is 17.2 Å². The van der Waals surface area contributed by atoms with Gasteiger partial charge in [0.1, 0.15) is 10.6 Å². The van der Waals surface area contributed by atoms with Crippen molar-refractivity contribution in [1.82, 2.24) is 19.5 Å². The van der Waals surface area contributed by atoms with Crippen molar-refractivity contribution >= 4 is 15.9 Å². The van der Waals surface area contributed by atoms with Gasteiger partial charge in [0.2, 0.25) is 10.0 Å². The van der Waals surface area contributed by atoms with Crippen LogP contribution in [0.3, 0.4) is 0 Å². The van der Waals surface area contributed by atoms with E-state index in [4.69, 9.17) is 0 Å². The molecule has 136 valence electrons. The highest BCUT2D eigenvalue weighted by molar-refractivity contribution is 7.89. The Morgan fingerprint density at radius 2 is 2.12 bits per heavy atom. The molecule has 1 aliphatic heterocycles. The van der Waals surface area contributed by atoms with Gasteiger partial charge in [-0.05, 0) is 31.4 Å². The fraction of sp³-hybridized carbons (Fsp3) is 0.688. The summed E-state index contributed by atoms with van der Waals surface area (Å²) < 4.78 is 28.7. The lowest BCUT2D eigenvalue weighted by Crippen LogP contribution is -2.38. The van der Waals surface area contributed by atoms with Crippen LogP contribution in [0.2, 0.25) is 0 Å². The first-order valence-electron chi connectivity index (χ1n) is 8.51. The number of carbonyl (C=O) groups is 1. The Morgan fingerprint density at radius 3 is 2.79 bits per heavy atom. The predicted octanol–water partition coefficient (Wildman–Crippen LogP) is 0.785. The molecule has 1 aromatic rings. The molecule has 2 rings (SSSR count). The van der Waals surface area contributed by atoms with Crippen LogP contribution in [0.1, 0.15) is 37.2 Å². The van der Waals surface area contributed by atoms with Crippen LogP contribution >= 0.6 is 0 Å². The van der Waals surface area contributed by atoms with Crippen LogP contribution in [0.25, 0.3) is 0 Å². The lowest BCUT2D eigenvalue weighted by molar-refractivity contribution is 0.0946. The number of likely N-dealkylation sites (N-methyl/N-ethyl adjacent to an activating group) is 1. The van der Waals surface area contributed by atoms with Crippen LogP contribution < -0.4 is 10.6 Å². The highest BCUT2D eigenvalue weighted by atomic mass is 32.2. The molecule has 1 saturated heterocycles. The molecule has 2 N–H and O–H groups in total. The molecule has 0 spiro atoms. The fourth-order valence-electron chi connectivity index (χ4n) is 2.95. The molecule has 1 aromatic heterocycles. The van der Waals surface area contributed by atoms with Gasteiger partial charge in [-0.3, -0.25) is 4.79 Å². The first-order chi connectivity index (χ1) is 11.4. The summed E-state index contributed by atoms with van der Waals surface area (Å²) in [5, 5.41) is 5.92. The summed E-state index contributed by atoms with van der Waals surface area (Å²) in [5.41, 5.74) is 0.357. The summed E-state index contributed by atoms with van der Waals surface area (Å²) in [4.78, 5) is 12.4. The zero-order chi connectivity index (χ0) is 17.7. The van der Waals surface area contributed by atoms with E-state index in [0.717, 1.165) is 19.4 Å². The minimum absolute atomic E-state index is 0.191. The predicted molar refractivity (Wildman–Crippen MR) is 93.4 cm³/mol. The quantitative estimate of drug-likeness (QED) is 0.708. The third kappa shape index (κ3) is 4.37. The molecule has 1 amide bonds. The van der Waals surface area contributed by atoms with Crippen molar-refractivity contribution < 1.29 is 13.2 Å². The summed E-state index contributed by atoms with van der Waals surface area (Å²) in [6, 6.07) is 1.47. The monoisotopic (exact) mass is 356 g/mol. The second kappa shape index (κ2) is 8.13. The minimum atomic E-state index is -3.54. The van der Waals surface area contributed by atoms with Crippen molar-refractivity contribution in [2.75, 3.05) is 32.7 Å². The van der Waals surface area contributed by atoms with Crippen molar-refractivity contribution in [1.29, 1.82) is 0 Å². The molecule has 1 aliphatic rings. The van der Waals surface area contributed by atoms with Crippen LogP contribution in [0, 0.1) is 5.92 Å². The van der Waals surface area contributed by atoms with E-state index < -0.39 is 10.0 Å². The van der Waals surface area contributed by atoms with Gasteiger partial charge in [-0.1, -0.05) is 13.8 Å². The second-order valence-electron chi connectivity index (χ2n) is 6.39. The van der Waals surface area contributed by atoms with E-state index in [1.54, 1.807) is 11.6 Å². The molecule has 1 atom stereocenters. The van der Waals surface area contributed by atoms with Gasteiger partial charge in [-0.2, -0.15) is 4.31 Å². The summed E-state index contributed by atoms with van der Waals surface area (Å²) in [7, 11) is -1.85. The molecule has 1 fully saturated rings. The van der Waals surface area contributed by atoms with Gasteiger partial charge in [0.05, 0.1) is 0 Å². The Hall–Kier alpha value is -1.38. The Labute approximate surface area is 144 Å². The number of sulfonamides is 1. The SMILES string of the molecule is CCNCCNC(=O)c1cc(S(=O)(=O)N2CCCC(C)C2)cn1C. The second-order valence-corrected chi connectivity index (χ2v) is 8.33. The summed E-state index contributed by atoms with van der Waals surface area (Å²) >= 11 is 0. The zero-order valence-electron chi connectivity index (χ0n) is 14.7. The van der Waals surface area contributed by atoms with Crippen LogP contribution in [0.5, 0.6) is 0 Å². The summed E-state index contributed by atoms with van der Waals surface area (Å²) in [6.45, 7) is 7.18. The van der Waals surface area contributed by atoms with Crippen molar-refractivity contribution in [2.24, 2.45) is 13.0 Å². The number of hydrogen-bond donors (Lipinski definition) is 2.